The third-order valence-electron chi connectivity index (χ3n) is 2.07. The number of aryl methyl sites for hydroxylation is 1. The van der Waals surface area contributed by atoms with Gasteiger partial charge >= 0.3 is 0 Å². The lowest BCUT2D eigenvalue weighted by molar-refractivity contribution is 0.301. The number of hydrogen-bond acceptors (Lipinski definition) is 4. The fourth-order valence-corrected chi connectivity index (χ4v) is 1.40. The third kappa shape index (κ3) is 2.27. The second-order valence-corrected chi connectivity index (χ2v) is 3.54. The van der Waals surface area contributed by atoms with Gasteiger partial charge < -0.3 is 5.32 Å². The lowest BCUT2D eigenvalue weighted by Gasteiger charge is -2.05. The molecule has 0 aliphatic rings. The van der Waals surface area contributed by atoms with Gasteiger partial charge in [-0.1, -0.05) is 34.0 Å². The maximum absolute atomic E-state index is 5.98. The SMILES string of the molecule is Cc1nonc1CNc1ccccc1Cl. The van der Waals surface area contributed by atoms with Crippen LogP contribution in [-0.4, -0.2) is 10.3 Å². The van der Waals surface area contributed by atoms with Crippen molar-refractivity contribution in [3.8, 4) is 0 Å². The topological polar surface area (TPSA) is 51.0 Å². The van der Waals surface area contributed by atoms with Crippen LogP contribution in [-0.2, 0) is 6.54 Å². The highest BCUT2D eigenvalue weighted by Gasteiger charge is 2.05. The van der Waals surface area contributed by atoms with E-state index in [4.69, 9.17) is 11.6 Å². The Morgan fingerprint density at radius 1 is 1.33 bits per heavy atom. The third-order valence-corrected chi connectivity index (χ3v) is 2.40. The molecule has 15 heavy (non-hydrogen) atoms. The number of hydrogen-bond donors (Lipinski definition) is 1. The quantitative estimate of drug-likeness (QED) is 0.869. The van der Waals surface area contributed by atoms with E-state index < -0.39 is 0 Å². The predicted octanol–water partition coefficient (Wildman–Crippen LogP) is 2.64. The molecule has 0 saturated carbocycles. The van der Waals surface area contributed by atoms with Gasteiger partial charge in [-0.3, -0.25) is 0 Å². The van der Waals surface area contributed by atoms with Crippen LogP contribution < -0.4 is 5.32 Å². The van der Waals surface area contributed by atoms with Gasteiger partial charge in [-0.05, 0) is 19.1 Å². The molecule has 78 valence electrons. The van der Waals surface area contributed by atoms with E-state index in [1.807, 2.05) is 31.2 Å². The molecule has 1 N–H and O–H groups in total. The first kappa shape index (κ1) is 9.98. The summed E-state index contributed by atoms with van der Waals surface area (Å²) in [5, 5.41) is 11.3. The minimum atomic E-state index is 0.555. The number of halogens is 1. The van der Waals surface area contributed by atoms with E-state index >= 15 is 0 Å². The summed E-state index contributed by atoms with van der Waals surface area (Å²) in [6, 6.07) is 7.54. The summed E-state index contributed by atoms with van der Waals surface area (Å²) in [7, 11) is 0. The van der Waals surface area contributed by atoms with E-state index in [9.17, 15) is 0 Å². The second-order valence-electron chi connectivity index (χ2n) is 3.13. The Hall–Kier alpha value is -1.55. The van der Waals surface area contributed by atoms with E-state index in [-0.39, 0.29) is 0 Å². The predicted molar refractivity (Wildman–Crippen MR) is 57.8 cm³/mol. The van der Waals surface area contributed by atoms with E-state index in [0.29, 0.717) is 11.6 Å². The number of nitrogens with one attached hydrogen (secondary N) is 1. The van der Waals surface area contributed by atoms with Crippen LogP contribution in [0.2, 0.25) is 5.02 Å². The van der Waals surface area contributed by atoms with Crippen molar-refractivity contribution < 1.29 is 4.63 Å². The Bertz CT molecular complexity index is 455. The fraction of sp³-hybridized carbons (Fsp3) is 0.200. The summed E-state index contributed by atoms with van der Waals surface area (Å²) < 4.78 is 4.59. The molecule has 0 atom stereocenters. The summed E-state index contributed by atoms with van der Waals surface area (Å²) in [6.45, 7) is 2.40. The van der Waals surface area contributed by atoms with Gasteiger partial charge in [-0.2, -0.15) is 0 Å². The molecule has 0 fully saturated rings. The summed E-state index contributed by atoms with van der Waals surface area (Å²) in [5.74, 6) is 0. The van der Waals surface area contributed by atoms with Gasteiger partial charge in [-0.15, -0.1) is 0 Å². The zero-order valence-electron chi connectivity index (χ0n) is 8.20. The second kappa shape index (κ2) is 4.31. The number of aromatic nitrogens is 2. The molecule has 2 rings (SSSR count). The highest BCUT2D eigenvalue weighted by molar-refractivity contribution is 6.33. The number of anilines is 1. The van der Waals surface area contributed by atoms with Gasteiger partial charge in [0.2, 0.25) is 0 Å². The average Bonchev–Trinajstić information content (AvgIpc) is 2.63. The molecule has 4 nitrogen and oxygen atoms in total. The molecule has 0 amide bonds. The molecule has 0 radical (unpaired) electrons. The molecule has 2 aromatic rings. The summed E-state index contributed by atoms with van der Waals surface area (Å²) in [4.78, 5) is 0. The Balaban J connectivity index is 2.06. The molecule has 1 aromatic carbocycles. The van der Waals surface area contributed by atoms with E-state index in [2.05, 4.69) is 20.3 Å². The van der Waals surface area contributed by atoms with Crippen LogP contribution in [0, 0.1) is 6.92 Å². The van der Waals surface area contributed by atoms with Crippen molar-refractivity contribution in [3.63, 3.8) is 0 Å². The summed E-state index contributed by atoms with van der Waals surface area (Å²) in [5.41, 5.74) is 2.45. The van der Waals surface area contributed by atoms with Crippen molar-refractivity contribution in [1.29, 1.82) is 0 Å². The van der Waals surface area contributed by atoms with Crippen LogP contribution in [0.25, 0.3) is 0 Å². The van der Waals surface area contributed by atoms with Gasteiger partial charge in [0.25, 0.3) is 0 Å². The Morgan fingerprint density at radius 3 is 2.80 bits per heavy atom. The zero-order chi connectivity index (χ0) is 10.7. The van der Waals surface area contributed by atoms with Gasteiger partial charge in [-0.25, -0.2) is 4.63 Å². The standard InChI is InChI=1S/C10H10ClN3O/c1-7-10(14-15-13-7)6-12-9-5-3-2-4-8(9)11/h2-5,12H,6H2,1H3. The average molecular weight is 224 g/mol. The van der Waals surface area contributed by atoms with Crippen molar-refractivity contribution in [2.75, 3.05) is 5.32 Å². The molecule has 5 heteroatoms. The Labute approximate surface area is 92.2 Å². The zero-order valence-corrected chi connectivity index (χ0v) is 8.95. The first-order valence-electron chi connectivity index (χ1n) is 4.54. The minimum absolute atomic E-state index is 0.555. The molecular formula is C10H10ClN3O. The fourth-order valence-electron chi connectivity index (χ4n) is 1.19. The Kier molecular flexibility index (Phi) is 2.87. The van der Waals surface area contributed by atoms with Crippen molar-refractivity contribution in [2.24, 2.45) is 0 Å². The number of para-hydroxylation sites is 1. The van der Waals surface area contributed by atoms with Crippen LogP contribution >= 0.6 is 11.6 Å². The number of nitrogens with zero attached hydrogens (tertiary/aromatic N) is 2. The van der Waals surface area contributed by atoms with E-state index in [1.54, 1.807) is 0 Å². The smallest absolute Gasteiger partial charge is 0.127 e. The molecule has 1 aromatic heterocycles. The van der Waals surface area contributed by atoms with Gasteiger partial charge in [0.15, 0.2) is 0 Å². The van der Waals surface area contributed by atoms with Crippen LogP contribution in [0.5, 0.6) is 0 Å². The lowest BCUT2D eigenvalue weighted by atomic mass is 10.3. The molecule has 1 heterocycles. The number of rotatable bonds is 3. The molecule has 0 unspecified atom stereocenters. The van der Waals surface area contributed by atoms with Crippen LogP contribution in [0.3, 0.4) is 0 Å². The first-order chi connectivity index (χ1) is 7.27. The van der Waals surface area contributed by atoms with Crippen LogP contribution in [0.4, 0.5) is 5.69 Å². The van der Waals surface area contributed by atoms with E-state index in [0.717, 1.165) is 17.1 Å². The normalized spacial score (nSPS) is 10.3. The molecule has 0 aliphatic carbocycles. The molecule has 0 aliphatic heterocycles. The molecule has 0 spiro atoms. The molecule has 0 saturated heterocycles. The number of benzene rings is 1. The van der Waals surface area contributed by atoms with Gasteiger partial charge in [0, 0.05) is 0 Å². The van der Waals surface area contributed by atoms with E-state index in [1.165, 1.54) is 0 Å². The summed E-state index contributed by atoms with van der Waals surface area (Å²) in [6.07, 6.45) is 0. The van der Waals surface area contributed by atoms with Crippen molar-refractivity contribution >= 4 is 17.3 Å². The van der Waals surface area contributed by atoms with Crippen molar-refractivity contribution in [3.05, 3.63) is 40.7 Å². The highest BCUT2D eigenvalue weighted by Crippen LogP contribution is 2.21. The Morgan fingerprint density at radius 2 is 2.13 bits per heavy atom. The minimum Gasteiger partial charge on any atom is -0.378 e. The molecular weight excluding hydrogens is 214 g/mol. The van der Waals surface area contributed by atoms with Crippen molar-refractivity contribution in [1.82, 2.24) is 10.3 Å². The van der Waals surface area contributed by atoms with Gasteiger partial charge in [0.1, 0.15) is 11.4 Å². The lowest BCUT2D eigenvalue weighted by Crippen LogP contribution is -2.01. The van der Waals surface area contributed by atoms with Crippen LogP contribution in [0.15, 0.2) is 28.9 Å². The summed E-state index contributed by atoms with van der Waals surface area (Å²) >= 11 is 5.98. The maximum Gasteiger partial charge on any atom is 0.127 e. The first-order valence-corrected chi connectivity index (χ1v) is 4.91. The van der Waals surface area contributed by atoms with Gasteiger partial charge in [0.05, 0.1) is 17.3 Å². The molecule has 0 bridgehead atoms. The highest BCUT2D eigenvalue weighted by atomic mass is 35.5. The monoisotopic (exact) mass is 223 g/mol. The largest absolute Gasteiger partial charge is 0.378 e. The maximum atomic E-state index is 5.98. The van der Waals surface area contributed by atoms with Crippen molar-refractivity contribution in [2.45, 2.75) is 13.5 Å². The van der Waals surface area contributed by atoms with Crippen LogP contribution in [0.1, 0.15) is 11.4 Å².